The molecule has 5 nitrogen and oxygen atoms in total. The number of oxazole rings is 1. The molecule has 0 saturated carbocycles. The smallest absolute Gasteiger partial charge is 0.374 e. The van der Waals surface area contributed by atoms with Crippen molar-refractivity contribution in [3.63, 3.8) is 0 Å². The van der Waals surface area contributed by atoms with Gasteiger partial charge in [-0.05, 0) is 18.2 Å². The van der Waals surface area contributed by atoms with Gasteiger partial charge in [-0.1, -0.05) is 11.6 Å². The lowest BCUT2D eigenvalue weighted by Gasteiger charge is -2.06. The van der Waals surface area contributed by atoms with Crippen LogP contribution in [0, 0.1) is 6.92 Å². The molecular formula is C12H10ClNO4. The van der Waals surface area contributed by atoms with Crippen LogP contribution < -0.4 is 4.74 Å². The van der Waals surface area contributed by atoms with Gasteiger partial charge in [-0.3, -0.25) is 0 Å². The average molecular weight is 268 g/mol. The fourth-order valence-corrected chi connectivity index (χ4v) is 1.79. The highest BCUT2D eigenvalue weighted by Crippen LogP contribution is 2.34. The van der Waals surface area contributed by atoms with Crippen LogP contribution in [0.2, 0.25) is 5.02 Å². The van der Waals surface area contributed by atoms with Gasteiger partial charge in [0.25, 0.3) is 0 Å². The maximum absolute atomic E-state index is 11.1. The number of aromatic carboxylic acids is 1. The van der Waals surface area contributed by atoms with E-state index < -0.39 is 5.97 Å². The Morgan fingerprint density at radius 3 is 2.83 bits per heavy atom. The Balaban J connectivity index is 2.68. The van der Waals surface area contributed by atoms with E-state index in [4.69, 9.17) is 25.9 Å². The highest BCUT2D eigenvalue weighted by atomic mass is 35.5. The molecule has 0 fully saturated rings. The number of hydrogen-bond donors (Lipinski definition) is 1. The zero-order chi connectivity index (χ0) is 13.3. The Morgan fingerprint density at radius 2 is 2.22 bits per heavy atom. The largest absolute Gasteiger partial charge is 0.496 e. The number of benzene rings is 1. The number of carbonyl (C=O) groups is 1. The van der Waals surface area contributed by atoms with Crippen molar-refractivity contribution in [1.29, 1.82) is 0 Å². The van der Waals surface area contributed by atoms with Gasteiger partial charge >= 0.3 is 5.97 Å². The number of ether oxygens (including phenoxy) is 1. The highest BCUT2D eigenvalue weighted by Gasteiger charge is 2.22. The van der Waals surface area contributed by atoms with Crippen molar-refractivity contribution in [1.82, 2.24) is 4.98 Å². The van der Waals surface area contributed by atoms with E-state index in [1.54, 1.807) is 25.1 Å². The normalized spacial score (nSPS) is 10.4. The molecule has 0 radical (unpaired) electrons. The molecule has 0 amide bonds. The monoisotopic (exact) mass is 267 g/mol. The molecule has 0 aliphatic heterocycles. The van der Waals surface area contributed by atoms with Gasteiger partial charge in [0.2, 0.25) is 5.76 Å². The lowest BCUT2D eigenvalue weighted by atomic mass is 10.1. The Kier molecular flexibility index (Phi) is 3.25. The summed E-state index contributed by atoms with van der Waals surface area (Å²) in [5, 5.41) is 9.53. The van der Waals surface area contributed by atoms with Crippen LogP contribution in [0.1, 0.15) is 16.4 Å². The molecule has 18 heavy (non-hydrogen) atoms. The van der Waals surface area contributed by atoms with E-state index in [1.165, 1.54) is 7.11 Å². The topological polar surface area (TPSA) is 72.6 Å². The SMILES string of the molecule is COc1ccc(Cl)cc1-c1nc(C)oc1C(=O)O. The molecule has 0 atom stereocenters. The van der Waals surface area contributed by atoms with E-state index >= 15 is 0 Å². The van der Waals surface area contributed by atoms with E-state index in [9.17, 15) is 4.79 Å². The standard InChI is InChI=1S/C12H10ClNO4/c1-6-14-10(11(18-6)12(15)16)8-5-7(13)3-4-9(8)17-2/h3-5H,1-2H3,(H,15,16). The number of aryl methyl sites for hydroxylation is 1. The molecule has 0 aliphatic carbocycles. The van der Waals surface area contributed by atoms with E-state index in [0.29, 0.717) is 16.3 Å². The molecule has 0 unspecified atom stereocenters. The van der Waals surface area contributed by atoms with E-state index in [1.807, 2.05) is 0 Å². The second-order valence-corrected chi connectivity index (χ2v) is 4.00. The molecule has 1 aromatic carbocycles. The molecule has 94 valence electrons. The van der Waals surface area contributed by atoms with Crippen molar-refractivity contribution in [2.24, 2.45) is 0 Å². The van der Waals surface area contributed by atoms with Gasteiger partial charge in [-0.25, -0.2) is 9.78 Å². The molecule has 1 aromatic heterocycles. The molecule has 0 spiro atoms. The van der Waals surface area contributed by atoms with E-state index in [-0.39, 0.29) is 17.3 Å². The maximum atomic E-state index is 11.1. The van der Waals surface area contributed by atoms with Crippen LogP contribution in [-0.4, -0.2) is 23.2 Å². The second kappa shape index (κ2) is 4.70. The van der Waals surface area contributed by atoms with E-state index in [0.717, 1.165) is 0 Å². The first kappa shape index (κ1) is 12.4. The third-order valence-electron chi connectivity index (χ3n) is 2.34. The van der Waals surface area contributed by atoms with Crippen LogP contribution in [0.25, 0.3) is 11.3 Å². The van der Waals surface area contributed by atoms with Crippen LogP contribution in [0.4, 0.5) is 0 Å². The van der Waals surface area contributed by atoms with Crippen LogP contribution in [0.3, 0.4) is 0 Å². The summed E-state index contributed by atoms with van der Waals surface area (Å²) >= 11 is 5.90. The fraction of sp³-hybridized carbons (Fsp3) is 0.167. The van der Waals surface area contributed by atoms with Gasteiger partial charge in [0.15, 0.2) is 5.89 Å². The summed E-state index contributed by atoms with van der Waals surface area (Å²) in [5.74, 6) is -0.666. The van der Waals surface area contributed by atoms with Crippen LogP contribution >= 0.6 is 11.6 Å². The summed E-state index contributed by atoms with van der Waals surface area (Å²) in [6, 6.07) is 4.88. The quantitative estimate of drug-likeness (QED) is 0.925. The third kappa shape index (κ3) is 2.17. The average Bonchev–Trinajstić information content (AvgIpc) is 2.71. The number of methoxy groups -OCH3 is 1. The Bertz CT molecular complexity index is 606. The zero-order valence-electron chi connectivity index (χ0n) is 9.73. The van der Waals surface area contributed by atoms with Crippen LogP contribution in [-0.2, 0) is 0 Å². The first-order valence-corrected chi connectivity index (χ1v) is 5.45. The van der Waals surface area contributed by atoms with Crippen molar-refractivity contribution in [3.05, 3.63) is 34.9 Å². The molecule has 1 heterocycles. The van der Waals surface area contributed by atoms with Crippen molar-refractivity contribution < 1.29 is 19.1 Å². The first-order valence-electron chi connectivity index (χ1n) is 5.07. The lowest BCUT2D eigenvalue weighted by Crippen LogP contribution is -1.98. The molecule has 0 aliphatic rings. The first-order chi connectivity index (χ1) is 8.52. The van der Waals surface area contributed by atoms with Gasteiger partial charge in [0.1, 0.15) is 11.4 Å². The minimum Gasteiger partial charge on any atom is -0.496 e. The van der Waals surface area contributed by atoms with Crippen molar-refractivity contribution >= 4 is 17.6 Å². The lowest BCUT2D eigenvalue weighted by molar-refractivity contribution is 0.0662. The number of aromatic nitrogens is 1. The Hall–Kier alpha value is -2.01. The number of hydrogen-bond acceptors (Lipinski definition) is 4. The maximum Gasteiger partial charge on any atom is 0.374 e. The predicted molar refractivity (Wildman–Crippen MR) is 65.2 cm³/mol. The fourth-order valence-electron chi connectivity index (χ4n) is 1.62. The van der Waals surface area contributed by atoms with Crippen molar-refractivity contribution in [2.75, 3.05) is 7.11 Å². The molecule has 0 bridgehead atoms. The minimum atomic E-state index is -1.19. The number of carboxylic acids is 1. The summed E-state index contributed by atoms with van der Waals surface area (Å²) in [7, 11) is 1.49. The number of nitrogens with zero attached hydrogens (tertiary/aromatic N) is 1. The van der Waals surface area contributed by atoms with Gasteiger partial charge in [0.05, 0.1) is 7.11 Å². The minimum absolute atomic E-state index is 0.208. The summed E-state index contributed by atoms with van der Waals surface area (Å²) in [6.45, 7) is 1.58. The predicted octanol–water partition coefficient (Wildman–Crippen LogP) is 3.01. The number of halogens is 1. The van der Waals surface area contributed by atoms with Crippen molar-refractivity contribution in [3.8, 4) is 17.0 Å². The Morgan fingerprint density at radius 1 is 1.50 bits per heavy atom. The summed E-state index contributed by atoms with van der Waals surface area (Å²) in [5.41, 5.74) is 0.693. The second-order valence-electron chi connectivity index (χ2n) is 3.56. The van der Waals surface area contributed by atoms with Crippen LogP contribution in [0.15, 0.2) is 22.6 Å². The van der Waals surface area contributed by atoms with Gasteiger partial charge in [-0.15, -0.1) is 0 Å². The summed E-state index contributed by atoms with van der Waals surface area (Å²) in [6.07, 6.45) is 0. The van der Waals surface area contributed by atoms with Gasteiger partial charge < -0.3 is 14.3 Å². The molecule has 6 heteroatoms. The molecule has 0 saturated heterocycles. The van der Waals surface area contributed by atoms with Gasteiger partial charge in [0, 0.05) is 17.5 Å². The molecule has 2 rings (SSSR count). The van der Waals surface area contributed by atoms with Crippen molar-refractivity contribution in [2.45, 2.75) is 6.92 Å². The van der Waals surface area contributed by atoms with Crippen LogP contribution in [0.5, 0.6) is 5.75 Å². The molecular weight excluding hydrogens is 258 g/mol. The number of rotatable bonds is 3. The zero-order valence-corrected chi connectivity index (χ0v) is 10.5. The number of carboxylic acid groups (broad SMARTS) is 1. The molecule has 2 aromatic rings. The molecule has 1 N–H and O–H groups in total. The summed E-state index contributed by atoms with van der Waals surface area (Å²) in [4.78, 5) is 15.2. The highest BCUT2D eigenvalue weighted by molar-refractivity contribution is 6.31. The summed E-state index contributed by atoms with van der Waals surface area (Å²) < 4.78 is 10.2. The van der Waals surface area contributed by atoms with Gasteiger partial charge in [-0.2, -0.15) is 0 Å². The Labute approximate surface area is 108 Å². The van der Waals surface area contributed by atoms with E-state index in [2.05, 4.69) is 4.98 Å². The third-order valence-corrected chi connectivity index (χ3v) is 2.58.